The average Bonchev–Trinajstić information content (AvgIpc) is 3.18. The number of fused-ring (bicyclic) bond motifs is 1. The summed E-state index contributed by atoms with van der Waals surface area (Å²) in [4.78, 5) is 12.8. The Bertz CT molecular complexity index is 754. The van der Waals surface area contributed by atoms with E-state index < -0.39 is 0 Å². The molecule has 3 aromatic rings. The van der Waals surface area contributed by atoms with Crippen molar-refractivity contribution >= 4 is 11.0 Å². The number of hydrogen-bond acceptors (Lipinski definition) is 4. The Hall–Kier alpha value is -2.11. The van der Waals surface area contributed by atoms with Gasteiger partial charge in [0.05, 0.1) is 12.0 Å². The van der Waals surface area contributed by atoms with Gasteiger partial charge in [0.15, 0.2) is 0 Å². The number of rotatable bonds is 3. The number of likely N-dealkylation sites (N-methyl/N-ethyl adjacent to an activating group) is 1. The average molecular weight is 296 g/mol. The predicted molar refractivity (Wildman–Crippen MR) is 86.6 cm³/mol. The van der Waals surface area contributed by atoms with Crippen LogP contribution >= 0.6 is 0 Å². The van der Waals surface area contributed by atoms with Gasteiger partial charge in [-0.3, -0.25) is 4.90 Å². The highest BCUT2D eigenvalue weighted by Crippen LogP contribution is 2.30. The number of pyridine rings is 1. The Kier molecular flexibility index (Phi) is 3.44. The molecule has 5 heteroatoms. The molecular weight excluding hydrogens is 276 g/mol. The minimum atomic E-state index is 0.877. The number of H-pyrrole nitrogens is 1. The fourth-order valence-electron chi connectivity index (χ4n) is 3.10. The Morgan fingerprint density at radius 1 is 1.18 bits per heavy atom. The molecule has 5 nitrogen and oxygen atoms in total. The molecule has 22 heavy (non-hydrogen) atoms. The third-order valence-electron chi connectivity index (χ3n) is 4.42. The van der Waals surface area contributed by atoms with Crippen molar-refractivity contribution in [2.24, 2.45) is 0 Å². The van der Waals surface area contributed by atoms with E-state index in [1.54, 1.807) is 6.26 Å². The Morgan fingerprint density at radius 3 is 2.82 bits per heavy atom. The minimum absolute atomic E-state index is 0.877. The van der Waals surface area contributed by atoms with Crippen molar-refractivity contribution in [1.29, 1.82) is 0 Å². The zero-order chi connectivity index (χ0) is 14.9. The molecule has 0 aliphatic carbocycles. The van der Waals surface area contributed by atoms with Crippen molar-refractivity contribution in [2.75, 3.05) is 33.2 Å². The summed E-state index contributed by atoms with van der Waals surface area (Å²) in [5, 5.41) is 1.19. The maximum atomic E-state index is 5.61. The zero-order valence-electron chi connectivity index (χ0n) is 12.7. The van der Waals surface area contributed by atoms with Crippen LogP contribution in [0.25, 0.3) is 22.5 Å². The summed E-state index contributed by atoms with van der Waals surface area (Å²) in [6.45, 7) is 5.37. The molecule has 0 saturated carbocycles. The number of aromatic amines is 1. The number of nitrogens with one attached hydrogen (secondary N) is 1. The third-order valence-corrected chi connectivity index (χ3v) is 4.42. The van der Waals surface area contributed by atoms with Gasteiger partial charge < -0.3 is 14.3 Å². The molecule has 0 amide bonds. The van der Waals surface area contributed by atoms with Crippen LogP contribution in [0.1, 0.15) is 5.56 Å². The summed E-state index contributed by atoms with van der Waals surface area (Å²) < 4.78 is 5.61. The van der Waals surface area contributed by atoms with Crippen LogP contribution in [-0.4, -0.2) is 53.0 Å². The largest absolute Gasteiger partial charge is 0.463 e. The maximum absolute atomic E-state index is 5.61. The fourth-order valence-corrected chi connectivity index (χ4v) is 3.10. The van der Waals surface area contributed by atoms with Gasteiger partial charge in [0.2, 0.25) is 0 Å². The van der Waals surface area contributed by atoms with Crippen molar-refractivity contribution in [1.82, 2.24) is 19.8 Å². The van der Waals surface area contributed by atoms with Crippen LogP contribution in [-0.2, 0) is 6.54 Å². The first-order valence-electron chi connectivity index (χ1n) is 7.71. The first kappa shape index (κ1) is 13.5. The second-order valence-electron chi connectivity index (χ2n) is 5.93. The molecule has 0 radical (unpaired) electrons. The molecule has 1 aliphatic heterocycles. The molecule has 4 rings (SSSR count). The fraction of sp³-hybridized carbons (Fsp3) is 0.353. The number of nitrogens with zero attached hydrogens (tertiary/aromatic N) is 3. The third kappa shape index (κ3) is 2.42. The number of piperazine rings is 1. The van der Waals surface area contributed by atoms with E-state index in [2.05, 4.69) is 32.9 Å². The summed E-state index contributed by atoms with van der Waals surface area (Å²) in [5.41, 5.74) is 3.26. The molecule has 1 N–H and O–H groups in total. The second-order valence-corrected chi connectivity index (χ2v) is 5.93. The van der Waals surface area contributed by atoms with Crippen LogP contribution < -0.4 is 0 Å². The quantitative estimate of drug-likeness (QED) is 0.807. The summed E-state index contributed by atoms with van der Waals surface area (Å²) in [7, 11) is 2.18. The van der Waals surface area contributed by atoms with E-state index in [4.69, 9.17) is 4.42 Å². The van der Waals surface area contributed by atoms with Crippen molar-refractivity contribution in [3.05, 3.63) is 42.3 Å². The van der Waals surface area contributed by atoms with Crippen molar-refractivity contribution in [3.8, 4) is 11.5 Å². The molecule has 1 aliphatic rings. The Balaban J connectivity index is 1.73. The normalized spacial score (nSPS) is 17.3. The smallest absolute Gasteiger partial charge is 0.150 e. The number of furan rings is 1. The highest BCUT2D eigenvalue weighted by Gasteiger charge is 2.20. The molecule has 3 aromatic heterocycles. The van der Waals surface area contributed by atoms with Gasteiger partial charge in [-0.15, -0.1) is 0 Å². The lowest BCUT2D eigenvalue weighted by molar-refractivity contribution is 0.148. The van der Waals surface area contributed by atoms with Crippen LogP contribution in [0.15, 0.2) is 41.1 Å². The standard InChI is InChI=1S/C17H20N4O/c1-20-7-9-21(10-8-20)12-14-13-4-2-6-18-17(13)19-16(14)15-5-3-11-22-15/h2-6,11H,7-10,12H2,1H3,(H,18,19). The molecule has 114 valence electrons. The summed E-state index contributed by atoms with van der Waals surface area (Å²) in [5.74, 6) is 0.877. The highest BCUT2D eigenvalue weighted by atomic mass is 16.3. The van der Waals surface area contributed by atoms with E-state index in [0.717, 1.165) is 49.8 Å². The monoisotopic (exact) mass is 296 g/mol. The molecule has 0 aromatic carbocycles. The van der Waals surface area contributed by atoms with Gasteiger partial charge in [-0.1, -0.05) is 0 Å². The zero-order valence-corrected chi connectivity index (χ0v) is 12.7. The molecule has 1 fully saturated rings. The SMILES string of the molecule is CN1CCN(Cc2c(-c3ccco3)[nH]c3ncccc23)CC1. The van der Waals surface area contributed by atoms with Gasteiger partial charge in [-0.05, 0) is 31.3 Å². The van der Waals surface area contributed by atoms with Gasteiger partial charge in [0, 0.05) is 49.9 Å². The van der Waals surface area contributed by atoms with Gasteiger partial charge in [0.1, 0.15) is 11.4 Å². The first-order valence-corrected chi connectivity index (χ1v) is 7.71. The van der Waals surface area contributed by atoms with Crippen LogP contribution in [0.5, 0.6) is 0 Å². The maximum Gasteiger partial charge on any atom is 0.150 e. The molecular formula is C17H20N4O. The molecule has 0 bridgehead atoms. The summed E-state index contributed by atoms with van der Waals surface area (Å²) >= 11 is 0. The Morgan fingerprint density at radius 2 is 2.05 bits per heavy atom. The summed E-state index contributed by atoms with van der Waals surface area (Å²) in [6, 6.07) is 8.05. The summed E-state index contributed by atoms with van der Waals surface area (Å²) in [6.07, 6.45) is 3.54. The van der Waals surface area contributed by atoms with Crippen LogP contribution in [0.4, 0.5) is 0 Å². The van der Waals surface area contributed by atoms with Crippen LogP contribution in [0.3, 0.4) is 0 Å². The number of aromatic nitrogens is 2. The van der Waals surface area contributed by atoms with Gasteiger partial charge in [-0.25, -0.2) is 4.98 Å². The first-order chi connectivity index (χ1) is 10.8. The lowest BCUT2D eigenvalue weighted by Crippen LogP contribution is -2.43. The lowest BCUT2D eigenvalue weighted by Gasteiger charge is -2.32. The van der Waals surface area contributed by atoms with E-state index in [1.165, 1.54) is 10.9 Å². The molecule has 0 spiro atoms. The minimum Gasteiger partial charge on any atom is -0.463 e. The topological polar surface area (TPSA) is 48.3 Å². The van der Waals surface area contributed by atoms with E-state index in [9.17, 15) is 0 Å². The molecule has 4 heterocycles. The number of hydrogen-bond donors (Lipinski definition) is 1. The van der Waals surface area contributed by atoms with E-state index >= 15 is 0 Å². The van der Waals surface area contributed by atoms with Gasteiger partial charge >= 0.3 is 0 Å². The lowest BCUT2D eigenvalue weighted by atomic mass is 10.1. The Labute approximate surface area is 129 Å². The van der Waals surface area contributed by atoms with Gasteiger partial charge in [-0.2, -0.15) is 0 Å². The molecule has 0 atom stereocenters. The van der Waals surface area contributed by atoms with E-state index in [0.29, 0.717) is 0 Å². The second kappa shape index (κ2) is 5.59. The molecule has 0 unspecified atom stereocenters. The molecule has 1 saturated heterocycles. The van der Waals surface area contributed by atoms with Crippen molar-refractivity contribution in [2.45, 2.75) is 6.54 Å². The van der Waals surface area contributed by atoms with E-state index in [-0.39, 0.29) is 0 Å². The highest BCUT2D eigenvalue weighted by molar-refractivity contribution is 5.87. The van der Waals surface area contributed by atoms with Gasteiger partial charge in [0.25, 0.3) is 0 Å². The van der Waals surface area contributed by atoms with Crippen LogP contribution in [0, 0.1) is 0 Å². The van der Waals surface area contributed by atoms with Crippen LogP contribution in [0.2, 0.25) is 0 Å². The van der Waals surface area contributed by atoms with Crippen molar-refractivity contribution < 1.29 is 4.42 Å². The van der Waals surface area contributed by atoms with E-state index in [1.807, 2.05) is 24.4 Å². The van der Waals surface area contributed by atoms with Crippen molar-refractivity contribution in [3.63, 3.8) is 0 Å². The predicted octanol–water partition coefficient (Wildman–Crippen LogP) is 2.57.